The molecule has 2 aliphatic heterocycles. The molecule has 3 aliphatic rings. The van der Waals surface area contributed by atoms with Crippen molar-refractivity contribution in [2.24, 2.45) is 0 Å². The molecule has 6 rings (SSSR count). The first-order valence-corrected chi connectivity index (χ1v) is 12.6. The van der Waals surface area contributed by atoms with Gasteiger partial charge in [-0.05, 0) is 63.4 Å². The molecule has 0 unspecified atom stereocenters. The molecule has 37 heavy (non-hydrogen) atoms. The molecule has 3 N–H and O–H groups in total. The van der Waals surface area contributed by atoms with Crippen LogP contribution in [0.25, 0.3) is 28.3 Å². The number of nitrogens with one attached hydrogen (secondary N) is 1. The highest BCUT2D eigenvalue weighted by Crippen LogP contribution is 2.39. The summed E-state index contributed by atoms with van der Waals surface area (Å²) in [5, 5.41) is 3.51. The molecule has 0 radical (unpaired) electrons. The van der Waals surface area contributed by atoms with Gasteiger partial charge in [0.25, 0.3) is 0 Å². The largest absolute Gasteiger partial charge is 0.395 e. The van der Waals surface area contributed by atoms with Crippen molar-refractivity contribution >= 4 is 11.4 Å². The summed E-state index contributed by atoms with van der Waals surface area (Å²) in [6.45, 7) is 6.95. The Bertz CT molecular complexity index is 1350. The van der Waals surface area contributed by atoms with Crippen LogP contribution in [0.4, 0.5) is 18.9 Å². The van der Waals surface area contributed by atoms with E-state index in [0.29, 0.717) is 29.4 Å². The molecule has 1 saturated carbocycles. The summed E-state index contributed by atoms with van der Waals surface area (Å²) in [5.41, 5.74) is 6.60. The number of nitrogen functional groups attached to an aromatic ring is 1. The quantitative estimate of drug-likeness (QED) is 0.419. The number of nitrogens with zero attached hydrogens (tertiary/aromatic N) is 4. The lowest BCUT2D eigenvalue weighted by Gasteiger charge is -2.52. The van der Waals surface area contributed by atoms with Crippen LogP contribution in [0.2, 0.25) is 0 Å². The van der Waals surface area contributed by atoms with Crippen LogP contribution in [0, 0.1) is 17.6 Å². The van der Waals surface area contributed by atoms with Crippen LogP contribution >= 0.6 is 0 Å². The number of fused-ring (bicyclic) bond motifs is 3. The molecule has 2 saturated heterocycles. The van der Waals surface area contributed by atoms with E-state index in [9.17, 15) is 8.78 Å². The predicted molar refractivity (Wildman–Crippen MR) is 139 cm³/mol. The predicted octanol–water partition coefficient (Wildman–Crippen LogP) is 5.34. The molecular weight excluding hydrogens is 477 g/mol. The molecular formula is C28H31F3N6. The zero-order chi connectivity index (χ0) is 26.3. The minimum Gasteiger partial charge on any atom is -0.395 e. The average Bonchev–Trinajstić information content (AvgIpc) is 2.87. The topological polar surface area (TPSA) is 80.0 Å². The molecule has 2 bridgehead atoms. The Morgan fingerprint density at radius 1 is 1.16 bits per heavy atom. The van der Waals surface area contributed by atoms with E-state index in [4.69, 9.17) is 5.73 Å². The number of anilines is 1. The van der Waals surface area contributed by atoms with Crippen molar-refractivity contribution in [1.82, 2.24) is 25.2 Å². The standard InChI is InChI=1S/C28H31F3N6/c1-4-5-22-20(29)12-17(14-33-22)24-13-19(16(2)36-28-10-8-18(9-11-28)37(3)15-28)25(30)26(34-24)23-7-6-21(32)27(31)35-23/h6-7,12-14,18,36H,2,4-5,8-11,15,32H2,1,3H3. The van der Waals surface area contributed by atoms with E-state index < -0.39 is 17.6 Å². The van der Waals surface area contributed by atoms with E-state index in [1.807, 2.05) is 6.92 Å². The van der Waals surface area contributed by atoms with Gasteiger partial charge in [-0.25, -0.2) is 18.7 Å². The van der Waals surface area contributed by atoms with Crippen LogP contribution in [0.1, 0.15) is 50.3 Å². The van der Waals surface area contributed by atoms with Gasteiger partial charge in [-0.1, -0.05) is 19.9 Å². The van der Waals surface area contributed by atoms with Crippen LogP contribution in [0.3, 0.4) is 0 Å². The zero-order valence-corrected chi connectivity index (χ0v) is 21.1. The number of aryl methyl sites for hydroxylation is 1. The van der Waals surface area contributed by atoms with Gasteiger partial charge in [0.2, 0.25) is 5.95 Å². The number of halogens is 3. The fraction of sp³-hybridized carbons (Fsp3) is 0.393. The second kappa shape index (κ2) is 9.78. The van der Waals surface area contributed by atoms with Crippen LogP contribution in [-0.4, -0.2) is 45.0 Å². The highest BCUT2D eigenvalue weighted by atomic mass is 19.1. The summed E-state index contributed by atoms with van der Waals surface area (Å²) in [5.74, 6) is -2.06. The summed E-state index contributed by atoms with van der Waals surface area (Å²) >= 11 is 0. The van der Waals surface area contributed by atoms with Crippen molar-refractivity contribution in [3.63, 3.8) is 0 Å². The van der Waals surface area contributed by atoms with Gasteiger partial charge in [0.15, 0.2) is 5.82 Å². The Hall–Kier alpha value is -3.46. The van der Waals surface area contributed by atoms with Crippen LogP contribution in [0.15, 0.2) is 37.0 Å². The van der Waals surface area contributed by atoms with E-state index >= 15 is 4.39 Å². The van der Waals surface area contributed by atoms with E-state index in [0.717, 1.165) is 38.6 Å². The summed E-state index contributed by atoms with van der Waals surface area (Å²) in [6, 6.07) is 6.18. The summed E-state index contributed by atoms with van der Waals surface area (Å²) in [6.07, 6.45) is 6.84. The Morgan fingerprint density at radius 2 is 1.92 bits per heavy atom. The third-order valence-corrected chi connectivity index (χ3v) is 7.61. The zero-order valence-electron chi connectivity index (χ0n) is 21.1. The number of aromatic nitrogens is 3. The Kier molecular flexibility index (Phi) is 6.66. The Morgan fingerprint density at radius 3 is 2.57 bits per heavy atom. The first-order chi connectivity index (χ1) is 17.7. The van der Waals surface area contributed by atoms with Gasteiger partial charge in [0.05, 0.1) is 28.3 Å². The highest BCUT2D eigenvalue weighted by molar-refractivity contribution is 5.74. The van der Waals surface area contributed by atoms with Gasteiger partial charge < -0.3 is 16.0 Å². The minimum absolute atomic E-state index is 0.0211. The molecule has 194 valence electrons. The monoisotopic (exact) mass is 508 g/mol. The minimum atomic E-state index is -0.917. The van der Waals surface area contributed by atoms with Gasteiger partial charge >= 0.3 is 0 Å². The fourth-order valence-corrected chi connectivity index (χ4v) is 5.58. The molecule has 9 heteroatoms. The van der Waals surface area contributed by atoms with Crippen molar-refractivity contribution in [2.75, 3.05) is 19.3 Å². The van der Waals surface area contributed by atoms with Gasteiger partial charge in [0, 0.05) is 35.6 Å². The molecule has 0 spiro atoms. The van der Waals surface area contributed by atoms with Crippen molar-refractivity contribution < 1.29 is 13.2 Å². The lowest BCUT2D eigenvalue weighted by atomic mass is 9.74. The number of likely N-dealkylation sites (N-methyl/N-ethyl adjacent to an activating group) is 1. The maximum Gasteiger partial charge on any atom is 0.236 e. The van der Waals surface area contributed by atoms with E-state index in [1.165, 1.54) is 30.5 Å². The fourth-order valence-electron chi connectivity index (χ4n) is 5.58. The van der Waals surface area contributed by atoms with Crippen molar-refractivity contribution in [1.29, 1.82) is 0 Å². The van der Waals surface area contributed by atoms with Crippen LogP contribution in [0.5, 0.6) is 0 Å². The van der Waals surface area contributed by atoms with Crippen molar-refractivity contribution in [3.8, 4) is 22.6 Å². The second-order valence-corrected chi connectivity index (χ2v) is 10.2. The number of hydrogen-bond acceptors (Lipinski definition) is 6. The average molecular weight is 509 g/mol. The third-order valence-electron chi connectivity index (χ3n) is 7.61. The molecule has 0 atom stereocenters. The summed E-state index contributed by atoms with van der Waals surface area (Å²) < 4.78 is 45.0. The molecule has 1 aliphatic carbocycles. The summed E-state index contributed by atoms with van der Waals surface area (Å²) in [7, 11) is 2.11. The molecule has 0 aromatic carbocycles. The maximum absolute atomic E-state index is 16.0. The SMILES string of the molecule is C=C(NC12CCC(CC1)N(C)C2)c1cc(-c2cnc(CCC)c(F)c2)nc(-c2ccc(N)c(F)n2)c1F. The molecule has 3 fully saturated rings. The van der Waals surface area contributed by atoms with Crippen LogP contribution in [-0.2, 0) is 6.42 Å². The lowest BCUT2D eigenvalue weighted by Crippen LogP contribution is -2.62. The second-order valence-electron chi connectivity index (χ2n) is 10.2. The summed E-state index contributed by atoms with van der Waals surface area (Å²) in [4.78, 5) is 14.8. The van der Waals surface area contributed by atoms with E-state index in [1.54, 1.807) is 0 Å². The molecule has 6 nitrogen and oxygen atoms in total. The van der Waals surface area contributed by atoms with Crippen molar-refractivity contribution in [3.05, 3.63) is 65.9 Å². The highest BCUT2D eigenvalue weighted by Gasteiger charge is 2.43. The molecule has 3 aromatic heterocycles. The van der Waals surface area contributed by atoms with Crippen LogP contribution < -0.4 is 11.1 Å². The number of hydrogen-bond donors (Lipinski definition) is 2. The molecule has 0 amide bonds. The van der Waals surface area contributed by atoms with Gasteiger partial charge in [-0.3, -0.25) is 4.98 Å². The number of pyridine rings is 3. The van der Waals surface area contributed by atoms with E-state index in [2.05, 4.69) is 38.8 Å². The van der Waals surface area contributed by atoms with E-state index in [-0.39, 0.29) is 33.9 Å². The Balaban J connectivity index is 1.59. The number of piperidine rings is 2. The van der Waals surface area contributed by atoms with Gasteiger partial charge in [0.1, 0.15) is 11.5 Å². The third kappa shape index (κ3) is 4.80. The van der Waals surface area contributed by atoms with Gasteiger partial charge in [-0.2, -0.15) is 4.39 Å². The number of rotatable bonds is 7. The van der Waals surface area contributed by atoms with Crippen molar-refractivity contribution in [2.45, 2.75) is 57.0 Å². The van der Waals surface area contributed by atoms with Gasteiger partial charge in [-0.15, -0.1) is 0 Å². The molecule has 5 heterocycles. The maximum atomic E-state index is 16.0. The first-order valence-electron chi connectivity index (χ1n) is 12.6. The number of nitrogens with two attached hydrogens (primary N) is 1. The lowest BCUT2D eigenvalue weighted by molar-refractivity contribution is 0.0381. The Labute approximate surface area is 214 Å². The first kappa shape index (κ1) is 25.2. The smallest absolute Gasteiger partial charge is 0.236 e. The normalized spacial score (nSPS) is 21.3. The molecule has 3 aromatic rings.